The molecule has 6 nitrogen and oxygen atoms in total. The predicted molar refractivity (Wildman–Crippen MR) is 117 cm³/mol. The van der Waals surface area contributed by atoms with Crippen LogP contribution in [0.1, 0.15) is 0 Å². The summed E-state index contributed by atoms with van der Waals surface area (Å²) in [5.74, 6) is 0.00734. The smallest absolute Gasteiger partial charge is 0.328 e. The highest BCUT2D eigenvalue weighted by molar-refractivity contribution is 7.98. The number of hydrogen-bond acceptors (Lipinski definition) is 7. The molecule has 4 aromatic rings. The highest BCUT2D eigenvalue weighted by atomic mass is 32.2. The van der Waals surface area contributed by atoms with Crippen molar-refractivity contribution < 1.29 is 13.5 Å². The van der Waals surface area contributed by atoms with Crippen LogP contribution in [0.5, 0.6) is 11.8 Å². The van der Waals surface area contributed by atoms with E-state index in [0.29, 0.717) is 17.1 Å². The van der Waals surface area contributed by atoms with E-state index in [1.165, 1.54) is 24.3 Å². The number of nitrogens with one attached hydrogen (secondary N) is 2. The number of benzene rings is 3. The van der Waals surface area contributed by atoms with E-state index < -0.39 is 11.6 Å². The lowest BCUT2D eigenvalue weighted by molar-refractivity contribution is 0.441. The van der Waals surface area contributed by atoms with Crippen LogP contribution in [0, 0.1) is 11.6 Å². The Balaban J connectivity index is 1.64. The van der Waals surface area contributed by atoms with Gasteiger partial charge in [-0.25, -0.2) is 8.78 Å². The van der Waals surface area contributed by atoms with Gasteiger partial charge in [-0.2, -0.15) is 15.0 Å². The minimum atomic E-state index is -0.400. The molecule has 9 heteroatoms. The van der Waals surface area contributed by atoms with Gasteiger partial charge in [0, 0.05) is 16.3 Å². The molecule has 156 valence electrons. The van der Waals surface area contributed by atoms with E-state index in [4.69, 9.17) is 4.74 Å². The number of halogens is 2. The van der Waals surface area contributed by atoms with Gasteiger partial charge in [0.2, 0.25) is 11.9 Å². The van der Waals surface area contributed by atoms with Crippen LogP contribution in [0.15, 0.2) is 77.7 Å². The zero-order valence-corrected chi connectivity index (χ0v) is 17.2. The normalized spacial score (nSPS) is 10.5. The van der Waals surface area contributed by atoms with Gasteiger partial charge in [-0.3, -0.25) is 0 Å². The first-order valence-electron chi connectivity index (χ1n) is 9.20. The Labute approximate surface area is 181 Å². The lowest BCUT2D eigenvalue weighted by Gasteiger charge is -2.11. The topological polar surface area (TPSA) is 72.0 Å². The maximum absolute atomic E-state index is 13.5. The van der Waals surface area contributed by atoms with Crippen molar-refractivity contribution in [2.24, 2.45) is 0 Å². The summed E-state index contributed by atoms with van der Waals surface area (Å²) >= 11 is 1.62. The predicted octanol–water partition coefficient (Wildman–Crippen LogP) is 6.15. The van der Waals surface area contributed by atoms with Crippen molar-refractivity contribution in [3.8, 4) is 11.8 Å². The monoisotopic (exact) mass is 437 g/mol. The Morgan fingerprint density at radius 3 is 1.77 bits per heavy atom. The minimum Gasteiger partial charge on any atom is -0.424 e. The van der Waals surface area contributed by atoms with Crippen molar-refractivity contribution in [2.45, 2.75) is 4.90 Å². The van der Waals surface area contributed by atoms with Crippen molar-refractivity contribution in [3.05, 3.63) is 84.4 Å². The second-order valence-electron chi connectivity index (χ2n) is 6.31. The zero-order valence-electron chi connectivity index (χ0n) is 16.3. The summed E-state index contributed by atoms with van der Waals surface area (Å²) in [4.78, 5) is 13.9. The second kappa shape index (κ2) is 9.40. The molecule has 4 rings (SSSR count). The van der Waals surface area contributed by atoms with Crippen LogP contribution >= 0.6 is 11.8 Å². The fraction of sp³-hybridized carbons (Fsp3) is 0.0455. The van der Waals surface area contributed by atoms with Crippen LogP contribution in [-0.2, 0) is 0 Å². The largest absolute Gasteiger partial charge is 0.424 e. The quantitative estimate of drug-likeness (QED) is 0.336. The van der Waals surface area contributed by atoms with E-state index in [9.17, 15) is 8.78 Å². The third-order valence-corrected chi connectivity index (χ3v) is 4.79. The van der Waals surface area contributed by atoms with Gasteiger partial charge in [0.05, 0.1) is 0 Å². The molecule has 0 radical (unpaired) electrons. The van der Waals surface area contributed by atoms with Gasteiger partial charge in [-0.15, -0.1) is 11.8 Å². The zero-order chi connectivity index (χ0) is 21.6. The molecular formula is C22H17F2N5OS. The fourth-order valence-electron chi connectivity index (χ4n) is 2.65. The van der Waals surface area contributed by atoms with Crippen molar-refractivity contribution >= 4 is 35.0 Å². The number of nitrogens with zero attached hydrogens (tertiary/aromatic N) is 3. The van der Waals surface area contributed by atoms with Crippen molar-refractivity contribution in [1.82, 2.24) is 15.0 Å². The molecule has 3 aromatic carbocycles. The molecule has 1 heterocycles. The minimum absolute atomic E-state index is 0.0182. The van der Waals surface area contributed by atoms with Gasteiger partial charge in [0.15, 0.2) is 0 Å². The number of hydrogen-bond donors (Lipinski definition) is 2. The van der Waals surface area contributed by atoms with E-state index >= 15 is 0 Å². The van der Waals surface area contributed by atoms with Crippen LogP contribution in [0.2, 0.25) is 0 Å². The Hall–Kier alpha value is -3.72. The van der Waals surface area contributed by atoms with E-state index in [2.05, 4.69) is 25.6 Å². The van der Waals surface area contributed by atoms with Crippen LogP contribution in [0.3, 0.4) is 0 Å². The van der Waals surface area contributed by atoms with Crippen LogP contribution in [0.25, 0.3) is 0 Å². The van der Waals surface area contributed by atoms with E-state index in [1.807, 2.05) is 18.4 Å². The molecule has 0 fully saturated rings. The van der Waals surface area contributed by atoms with Crippen LogP contribution < -0.4 is 15.4 Å². The number of anilines is 4. The maximum Gasteiger partial charge on any atom is 0.328 e. The molecule has 0 amide bonds. The lowest BCUT2D eigenvalue weighted by atomic mass is 10.3. The summed E-state index contributed by atoms with van der Waals surface area (Å²) in [5, 5.41) is 5.85. The molecule has 0 saturated heterocycles. The van der Waals surface area contributed by atoms with Gasteiger partial charge in [0.25, 0.3) is 0 Å². The average Bonchev–Trinajstić information content (AvgIpc) is 2.74. The highest BCUT2D eigenvalue weighted by Crippen LogP contribution is 2.25. The van der Waals surface area contributed by atoms with Crippen LogP contribution in [0.4, 0.5) is 32.1 Å². The average molecular weight is 437 g/mol. The first-order chi connectivity index (χ1) is 15.1. The van der Waals surface area contributed by atoms with Gasteiger partial charge in [-0.1, -0.05) is 12.1 Å². The SMILES string of the molecule is CSc1ccc(Oc2nc(Nc3cccc(F)c3)nc(Nc3cccc(F)c3)n2)cc1. The highest BCUT2D eigenvalue weighted by Gasteiger charge is 2.11. The van der Waals surface area contributed by atoms with Crippen molar-refractivity contribution in [2.75, 3.05) is 16.9 Å². The summed E-state index contributed by atoms with van der Waals surface area (Å²) < 4.78 is 32.9. The molecule has 0 saturated carbocycles. The van der Waals surface area contributed by atoms with Gasteiger partial charge >= 0.3 is 6.01 Å². The van der Waals surface area contributed by atoms with Crippen molar-refractivity contribution in [1.29, 1.82) is 0 Å². The number of thioether (sulfide) groups is 1. The third kappa shape index (κ3) is 5.67. The Kier molecular flexibility index (Phi) is 6.23. The molecule has 31 heavy (non-hydrogen) atoms. The Morgan fingerprint density at radius 1 is 0.742 bits per heavy atom. The number of ether oxygens (including phenoxy) is 1. The molecular weight excluding hydrogens is 420 g/mol. The molecule has 0 aliphatic carbocycles. The van der Waals surface area contributed by atoms with E-state index in [1.54, 1.807) is 48.2 Å². The van der Waals surface area contributed by atoms with Crippen molar-refractivity contribution in [3.63, 3.8) is 0 Å². The second-order valence-corrected chi connectivity index (χ2v) is 7.19. The molecule has 0 atom stereocenters. The summed E-state index contributed by atoms with van der Waals surface area (Å²) in [7, 11) is 0. The molecule has 1 aromatic heterocycles. The Morgan fingerprint density at radius 2 is 1.29 bits per heavy atom. The van der Waals surface area contributed by atoms with Gasteiger partial charge in [0.1, 0.15) is 17.4 Å². The number of aromatic nitrogens is 3. The number of rotatable bonds is 7. The summed E-state index contributed by atoms with van der Waals surface area (Å²) in [6, 6.07) is 19.2. The molecule has 0 bridgehead atoms. The van der Waals surface area contributed by atoms with Gasteiger partial charge < -0.3 is 15.4 Å². The molecule has 2 N–H and O–H groups in total. The lowest BCUT2D eigenvalue weighted by Crippen LogP contribution is -2.05. The first-order valence-corrected chi connectivity index (χ1v) is 10.4. The molecule has 0 spiro atoms. The Bertz CT molecular complexity index is 1120. The standard InChI is InChI=1S/C22H17F2N5OS/c1-31-19-10-8-18(9-11-19)30-22-28-20(25-16-6-2-4-14(23)12-16)27-21(29-22)26-17-7-3-5-15(24)13-17/h2-13H,1H3,(H2,25,26,27,28,29). The molecule has 0 unspecified atom stereocenters. The third-order valence-electron chi connectivity index (χ3n) is 4.04. The van der Waals surface area contributed by atoms with E-state index in [-0.39, 0.29) is 17.9 Å². The van der Waals surface area contributed by atoms with E-state index in [0.717, 1.165) is 4.90 Å². The first kappa shape index (κ1) is 20.5. The van der Waals surface area contributed by atoms with Crippen LogP contribution in [-0.4, -0.2) is 21.2 Å². The van der Waals surface area contributed by atoms with Gasteiger partial charge in [-0.05, 0) is 66.9 Å². The fourth-order valence-corrected chi connectivity index (χ4v) is 3.06. The summed E-state index contributed by atoms with van der Waals surface area (Å²) in [5.41, 5.74) is 0.913. The summed E-state index contributed by atoms with van der Waals surface area (Å²) in [6.45, 7) is 0. The molecule has 0 aliphatic rings. The summed E-state index contributed by atoms with van der Waals surface area (Å²) in [6.07, 6.45) is 1.98. The molecule has 0 aliphatic heterocycles. The maximum atomic E-state index is 13.5.